The van der Waals surface area contributed by atoms with E-state index in [1.165, 1.54) is 22.7 Å². The second-order valence-corrected chi connectivity index (χ2v) is 8.72. The lowest BCUT2D eigenvalue weighted by molar-refractivity contribution is 0.457. The monoisotopic (exact) mass is 364 g/mol. The van der Waals surface area contributed by atoms with Gasteiger partial charge < -0.3 is 0 Å². The van der Waals surface area contributed by atoms with Crippen LogP contribution in [0.25, 0.3) is 0 Å². The number of nitrogens with one attached hydrogen (secondary N) is 1. The third kappa shape index (κ3) is 3.04. The van der Waals surface area contributed by atoms with Crippen molar-refractivity contribution in [3.8, 4) is 0 Å². The number of hydrogen-bond donors (Lipinski definition) is 1. The Morgan fingerprint density at radius 2 is 2.16 bits per heavy atom. The summed E-state index contributed by atoms with van der Waals surface area (Å²) in [6.45, 7) is 3.69. The van der Waals surface area contributed by atoms with Crippen LogP contribution in [0.1, 0.15) is 16.5 Å². The molecule has 0 aliphatic carbocycles. The minimum absolute atomic E-state index is 0.138. The highest BCUT2D eigenvalue weighted by Crippen LogP contribution is 2.31. The van der Waals surface area contributed by atoms with E-state index in [1.54, 1.807) is 19.9 Å². The van der Waals surface area contributed by atoms with Gasteiger partial charge >= 0.3 is 0 Å². The second-order valence-electron chi connectivity index (χ2n) is 4.07. The summed E-state index contributed by atoms with van der Waals surface area (Å²) in [5.74, 6) is 1.12. The van der Waals surface area contributed by atoms with Crippen LogP contribution in [0.2, 0.25) is 0 Å². The minimum atomic E-state index is -3.52. The molecule has 0 saturated carbocycles. The van der Waals surface area contributed by atoms with E-state index in [9.17, 15) is 8.42 Å². The average molecular weight is 365 g/mol. The number of nitrogens with zero attached hydrogens (tertiary/aromatic N) is 3. The average Bonchev–Trinajstić information content (AvgIpc) is 2.85. The number of H-pyrrole nitrogens is 1. The molecule has 1 N–H and O–H groups in total. The summed E-state index contributed by atoms with van der Waals surface area (Å²) in [4.78, 5) is 5.18. The highest BCUT2D eigenvalue weighted by molar-refractivity contribution is 9.11. The van der Waals surface area contributed by atoms with Gasteiger partial charge in [0.25, 0.3) is 0 Å². The van der Waals surface area contributed by atoms with Crippen molar-refractivity contribution in [2.75, 3.05) is 7.05 Å². The van der Waals surface area contributed by atoms with Crippen molar-refractivity contribution < 1.29 is 8.42 Å². The molecule has 2 aromatic heterocycles. The molecule has 6 nitrogen and oxygen atoms in total. The molecule has 0 aliphatic heterocycles. The molecule has 104 valence electrons. The predicted molar refractivity (Wildman–Crippen MR) is 76.5 cm³/mol. The molecule has 19 heavy (non-hydrogen) atoms. The summed E-state index contributed by atoms with van der Waals surface area (Å²) in [7, 11) is -2.00. The van der Waals surface area contributed by atoms with Crippen LogP contribution in [0.5, 0.6) is 0 Å². The van der Waals surface area contributed by atoms with Gasteiger partial charge in [0.1, 0.15) is 5.82 Å². The van der Waals surface area contributed by atoms with Gasteiger partial charge in [0.05, 0.1) is 15.2 Å². The molecule has 0 amide bonds. The molecule has 0 saturated heterocycles. The summed E-state index contributed by atoms with van der Waals surface area (Å²) < 4.78 is 26.9. The van der Waals surface area contributed by atoms with Crippen molar-refractivity contribution in [2.45, 2.75) is 25.3 Å². The van der Waals surface area contributed by atoms with Gasteiger partial charge in [-0.05, 0) is 35.8 Å². The lowest BCUT2D eigenvalue weighted by Gasteiger charge is -2.15. The molecule has 0 aromatic carbocycles. The van der Waals surface area contributed by atoms with E-state index in [0.717, 1.165) is 8.66 Å². The summed E-state index contributed by atoms with van der Waals surface area (Å²) in [6.07, 6.45) is 0. The standard InChI is InChI=1S/C10H13BrN4O2S2/c1-6-8(4-9(11)18-6)19(16,17)15(3)5-10-12-7(2)13-14-10/h4H,5H2,1-3H3,(H,12,13,14). The summed E-state index contributed by atoms with van der Waals surface area (Å²) in [5.41, 5.74) is 0. The van der Waals surface area contributed by atoms with Gasteiger partial charge in [0.2, 0.25) is 10.0 Å². The molecule has 0 aliphatic rings. The van der Waals surface area contributed by atoms with Crippen molar-refractivity contribution in [3.05, 3.63) is 26.4 Å². The van der Waals surface area contributed by atoms with Gasteiger partial charge in [-0.15, -0.1) is 11.3 Å². The Labute approximate surface area is 124 Å². The first kappa shape index (κ1) is 14.6. The molecule has 0 atom stereocenters. The molecule has 0 unspecified atom stereocenters. The topological polar surface area (TPSA) is 79.0 Å². The van der Waals surface area contributed by atoms with Crippen LogP contribution in [0.15, 0.2) is 14.7 Å². The van der Waals surface area contributed by atoms with E-state index >= 15 is 0 Å². The maximum absolute atomic E-state index is 12.4. The fraction of sp³-hybridized carbons (Fsp3) is 0.400. The Kier molecular flexibility index (Phi) is 4.09. The van der Waals surface area contributed by atoms with Crippen molar-refractivity contribution in [3.63, 3.8) is 0 Å². The Bertz CT molecular complexity index is 692. The quantitative estimate of drug-likeness (QED) is 0.900. The number of aromatic amines is 1. The van der Waals surface area contributed by atoms with Crippen molar-refractivity contribution in [1.82, 2.24) is 19.5 Å². The molecule has 9 heteroatoms. The molecule has 0 bridgehead atoms. The molecule has 2 rings (SSSR count). The van der Waals surface area contributed by atoms with E-state index in [-0.39, 0.29) is 6.54 Å². The number of rotatable bonds is 4. The molecule has 0 spiro atoms. The second kappa shape index (κ2) is 5.31. The third-order valence-corrected chi connectivity index (χ3v) is 6.15. The Balaban J connectivity index is 2.27. The van der Waals surface area contributed by atoms with E-state index in [0.29, 0.717) is 16.5 Å². The Hall–Kier alpha value is -0.770. The molecule has 0 fully saturated rings. The number of sulfonamides is 1. The van der Waals surface area contributed by atoms with Gasteiger partial charge in [0, 0.05) is 11.9 Å². The fourth-order valence-electron chi connectivity index (χ4n) is 1.60. The predicted octanol–water partition coefficient (Wildman–Crippen LogP) is 2.07. The first-order chi connectivity index (χ1) is 8.80. The van der Waals surface area contributed by atoms with Gasteiger partial charge in [-0.2, -0.15) is 9.40 Å². The van der Waals surface area contributed by atoms with E-state index in [2.05, 4.69) is 31.1 Å². The summed E-state index contributed by atoms with van der Waals surface area (Å²) in [5, 5.41) is 6.63. The van der Waals surface area contributed by atoms with Crippen LogP contribution < -0.4 is 0 Å². The van der Waals surface area contributed by atoms with Gasteiger partial charge in [0.15, 0.2) is 5.82 Å². The smallest absolute Gasteiger partial charge is 0.244 e. The van der Waals surface area contributed by atoms with Gasteiger partial charge in [-0.3, -0.25) is 5.10 Å². The first-order valence-corrected chi connectivity index (χ1v) is 8.46. The van der Waals surface area contributed by atoms with E-state index in [4.69, 9.17) is 0 Å². The number of halogens is 1. The molecular weight excluding hydrogens is 352 g/mol. The van der Waals surface area contributed by atoms with Crippen molar-refractivity contribution >= 4 is 37.3 Å². The van der Waals surface area contributed by atoms with Crippen molar-refractivity contribution in [1.29, 1.82) is 0 Å². The Morgan fingerprint density at radius 1 is 1.47 bits per heavy atom. The normalized spacial score (nSPS) is 12.3. The number of aromatic nitrogens is 3. The van der Waals surface area contributed by atoms with Crippen molar-refractivity contribution in [2.24, 2.45) is 0 Å². The lowest BCUT2D eigenvalue weighted by Crippen LogP contribution is -2.27. The number of hydrogen-bond acceptors (Lipinski definition) is 5. The van der Waals surface area contributed by atoms with Crippen LogP contribution in [0.3, 0.4) is 0 Å². The minimum Gasteiger partial charge on any atom is -0.263 e. The summed E-state index contributed by atoms with van der Waals surface area (Å²) >= 11 is 4.70. The molecule has 2 heterocycles. The van der Waals surface area contributed by atoms with Crippen LogP contribution in [-0.2, 0) is 16.6 Å². The maximum Gasteiger partial charge on any atom is 0.244 e. The highest BCUT2D eigenvalue weighted by Gasteiger charge is 2.25. The lowest BCUT2D eigenvalue weighted by atomic mass is 10.5. The Morgan fingerprint density at radius 3 is 2.63 bits per heavy atom. The van der Waals surface area contributed by atoms with E-state index in [1.807, 2.05) is 0 Å². The van der Waals surface area contributed by atoms with Crippen LogP contribution in [-0.4, -0.2) is 35.0 Å². The first-order valence-electron chi connectivity index (χ1n) is 5.41. The number of thiophene rings is 1. The highest BCUT2D eigenvalue weighted by atomic mass is 79.9. The van der Waals surface area contributed by atoms with Crippen LogP contribution >= 0.6 is 27.3 Å². The van der Waals surface area contributed by atoms with Gasteiger partial charge in [-0.25, -0.2) is 13.4 Å². The van der Waals surface area contributed by atoms with E-state index < -0.39 is 10.0 Å². The molecule has 0 radical (unpaired) electrons. The third-order valence-electron chi connectivity index (χ3n) is 2.54. The summed E-state index contributed by atoms with van der Waals surface area (Å²) in [6, 6.07) is 1.62. The van der Waals surface area contributed by atoms with Crippen LogP contribution in [0, 0.1) is 13.8 Å². The molecule has 2 aromatic rings. The zero-order valence-electron chi connectivity index (χ0n) is 10.6. The SMILES string of the molecule is Cc1nc(CN(C)S(=O)(=O)c2cc(Br)sc2C)n[nH]1. The zero-order chi connectivity index (χ0) is 14.2. The number of aryl methyl sites for hydroxylation is 2. The van der Waals surface area contributed by atoms with Crippen LogP contribution in [0.4, 0.5) is 0 Å². The molecular formula is C10H13BrN4O2S2. The largest absolute Gasteiger partial charge is 0.263 e. The fourth-order valence-corrected chi connectivity index (χ4v) is 5.10. The zero-order valence-corrected chi connectivity index (χ0v) is 13.9. The maximum atomic E-state index is 12.4. The van der Waals surface area contributed by atoms with Gasteiger partial charge in [-0.1, -0.05) is 0 Å².